The predicted octanol–water partition coefficient (Wildman–Crippen LogP) is 4.69. The summed E-state index contributed by atoms with van der Waals surface area (Å²) >= 11 is 12.1. The first-order valence-electron chi connectivity index (χ1n) is 7.93. The van der Waals surface area contributed by atoms with Crippen LogP contribution in [0.25, 0.3) is 5.69 Å². The molecule has 3 rings (SSSR count). The van der Waals surface area contributed by atoms with E-state index in [1.807, 2.05) is 30.7 Å². The van der Waals surface area contributed by atoms with Gasteiger partial charge in [-0.1, -0.05) is 23.2 Å². The van der Waals surface area contributed by atoms with Crippen LogP contribution in [-0.2, 0) is 0 Å². The van der Waals surface area contributed by atoms with Gasteiger partial charge in [-0.25, -0.2) is 4.68 Å². The van der Waals surface area contributed by atoms with E-state index in [2.05, 4.69) is 10.00 Å². The zero-order valence-corrected chi connectivity index (χ0v) is 16.2. The molecule has 4 nitrogen and oxygen atoms in total. The second kappa shape index (κ2) is 8.43. The molecule has 1 aliphatic rings. The molecule has 0 aliphatic carbocycles. The highest BCUT2D eigenvalue weighted by molar-refractivity contribution is 6.42. The van der Waals surface area contributed by atoms with Crippen LogP contribution in [0.1, 0.15) is 24.1 Å². The van der Waals surface area contributed by atoms with Crippen LogP contribution < -0.4 is 4.74 Å². The largest absolute Gasteiger partial charge is 0.475 e. The molecule has 2 heterocycles. The van der Waals surface area contributed by atoms with Crippen LogP contribution in [-0.4, -0.2) is 40.9 Å². The van der Waals surface area contributed by atoms with Gasteiger partial charge in [-0.15, -0.1) is 17.5 Å². The Kier molecular flexibility index (Phi) is 6.81. The Balaban J connectivity index is 0.00000208. The highest BCUT2D eigenvalue weighted by Gasteiger charge is 2.16. The van der Waals surface area contributed by atoms with E-state index >= 15 is 0 Å². The van der Waals surface area contributed by atoms with Gasteiger partial charge in [-0.2, -0.15) is 0 Å². The first kappa shape index (κ1) is 19.4. The quantitative estimate of drug-likeness (QED) is 0.742. The zero-order valence-electron chi connectivity index (χ0n) is 13.9. The lowest BCUT2D eigenvalue weighted by Crippen LogP contribution is -2.25. The van der Waals surface area contributed by atoms with Gasteiger partial charge < -0.3 is 4.74 Å². The molecule has 1 aromatic carbocycles. The average Bonchev–Trinajstić information content (AvgIpc) is 3.14. The van der Waals surface area contributed by atoms with E-state index in [1.54, 1.807) is 6.07 Å². The van der Waals surface area contributed by atoms with Crippen molar-refractivity contribution in [1.82, 2.24) is 14.7 Å². The van der Waals surface area contributed by atoms with Crippen LogP contribution in [0.15, 0.2) is 18.2 Å². The minimum absolute atomic E-state index is 0. The third-order valence-corrected chi connectivity index (χ3v) is 5.10. The van der Waals surface area contributed by atoms with Crippen LogP contribution in [0, 0.1) is 13.8 Å². The number of halogens is 3. The normalized spacial score (nSPS) is 14.7. The van der Waals surface area contributed by atoms with Crippen molar-refractivity contribution in [1.29, 1.82) is 0 Å². The number of ether oxygens (including phenoxy) is 1. The van der Waals surface area contributed by atoms with Crippen LogP contribution in [0.3, 0.4) is 0 Å². The lowest BCUT2D eigenvalue weighted by Gasteiger charge is -2.14. The molecular weight excluding hydrogens is 369 g/mol. The topological polar surface area (TPSA) is 30.3 Å². The van der Waals surface area contributed by atoms with Gasteiger partial charge in [0.25, 0.3) is 0 Å². The number of likely N-dealkylation sites (tertiary alicyclic amines) is 1. The van der Waals surface area contributed by atoms with Crippen molar-refractivity contribution < 1.29 is 4.74 Å². The van der Waals surface area contributed by atoms with Crippen molar-refractivity contribution in [3.8, 4) is 11.6 Å². The van der Waals surface area contributed by atoms with E-state index in [1.165, 1.54) is 25.9 Å². The molecule has 0 bridgehead atoms. The number of aromatic nitrogens is 2. The lowest BCUT2D eigenvalue weighted by molar-refractivity contribution is 0.230. The molecule has 0 unspecified atom stereocenters. The highest BCUT2D eigenvalue weighted by atomic mass is 35.5. The summed E-state index contributed by atoms with van der Waals surface area (Å²) in [6.07, 6.45) is 2.59. The summed E-state index contributed by atoms with van der Waals surface area (Å²) in [5.74, 6) is 0.688. The summed E-state index contributed by atoms with van der Waals surface area (Å²) in [5, 5.41) is 5.65. The van der Waals surface area contributed by atoms with E-state index in [9.17, 15) is 0 Å². The Bertz CT molecular complexity index is 697. The Morgan fingerprint density at radius 3 is 2.50 bits per heavy atom. The van der Waals surface area contributed by atoms with E-state index in [-0.39, 0.29) is 12.4 Å². The van der Waals surface area contributed by atoms with E-state index < -0.39 is 0 Å². The maximum absolute atomic E-state index is 6.11. The number of benzene rings is 1. The SMILES string of the molecule is Cc1c(OCCN2CCCC2)nn(-c2ccc(Cl)c(Cl)c2)c1C.Cl. The van der Waals surface area contributed by atoms with Crippen LogP contribution in [0.2, 0.25) is 10.0 Å². The molecule has 0 radical (unpaired) electrons. The molecule has 0 atom stereocenters. The first-order chi connectivity index (χ1) is 11.1. The number of hydrogen-bond donors (Lipinski definition) is 0. The maximum Gasteiger partial charge on any atom is 0.236 e. The summed E-state index contributed by atoms with van der Waals surface area (Å²) < 4.78 is 7.75. The monoisotopic (exact) mass is 389 g/mol. The molecule has 7 heteroatoms. The smallest absolute Gasteiger partial charge is 0.236 e. The van der Waals surface area contributed by atoms with Crippen LogP contribution in [0.4, 0.5) is 0 Å². The Labute approximate surface area is 159 Å². The maximum atomic E-state index is 6.11. The van der Waals surface area contributed by atoms with E-state index in [4.69, 9.17) is 27.9 Å². The summed E-state index contributed by atoms with van der Waals surface area (Å²) in [6.45, 7) is 8.04. The van der Waals surface area contributed by atoms with E-state index in [0.29, 0.717) is 22.5 Å². The second-order valence-electron chi connectivity index (χ2n) is 5.92. The van der Waals surface area contributed by atoms with Crippen molar-refractivity contribution in [3.05, 3.63) is 39.5 Å². The molecule has 0 spiro atoms. The van der Waals surface area contributed by atoms with Gasteiger partial charge in [0.1, 0.15) is 6.61 Å². The Morgan fingerprint density at radius 1 is 1.12 bits per heavy atom. The molecule has 24 heavy (non-hydrogen) atoms. The van der Waals surface area contributed by atoms with Gasteiger partial charge >= 0.3 is 0 Å². The van der Waals surface area contributed by atoms with Crippen molar-refractivity contribution in [2.45, 2.75) is 26.7 Å². The zero-order chi connectivity index (χ0) is 16.4. The summed E-state index contributed by atoms with van der Waals surface area (Å²) in [5.41, 5.74) is 2.98. The summed E-state index contributed by atoms with van der Waals surface area (Å²) in [4.78, 5) is 2.43. The van der Waals surface area contributed by atoms with Gasteiger partial charge in [-0.05, 0) is 58.0 Å². The first-order valence-corrected chi connectivity index (χ1v) is 8.68. The minimum atomic E-state index is 0. The number of hydrogen-bond acceptors (Lipinski definition) is 3. The van der Waals surface area contributed by atoms with Gasteiger partial charge in [-0.3, -0.25) is 4.90 Å². The van der Waals surface area contributed by atoms with Crippen molar-refractivity contribution in [2.75, 3.05) is 26.2 Å². The van der Waals surface area contributed by atoms with Gasteiger partial charge in [0.15, 0.2) is 0 Å². The Morgan fingerprint density at radius 2 is 1.83 bits per heavy atom. The predicted molar refractivity (Wildman–Crippen MR) is 101 cm³/mol. The fourth-order valence-electron chi connectivity index (χ4n) is 2.84. The fraction of sp³-hybridized carbons (Fsp3) is 0.471. The highest BCUT2D eigenvalue weighted by Crippen LogP contribution is 2.28. The van der Waals surface area contributed by atoms with Crippen LogP contribution in [0.5, 0.6) is 5.88 Å². The second-order valence-corrected chi connectivity index (χ2v) is 6.74. The van der Waals surface area contributed by atoms with Crippen LogP contribution >= 0.6 is 35.6 Å². The molecule has 0 saturated carbocycles. The van der Waals surface area contributed by atoms with Gasteiger partial charge in [0.2, 0.25) is 5.88 Å². The molecule has 1 aliphatic heterocycles. The minimum Gasteiger partial charge on any atom is -0.475 e. The average molecular weight is 391 g/mol. The molecule has 1 aromatic heterocycles. The summed E-state index contributed by atoms with van der Waals surface area (Å²) in [6, 6.07) is 5.50. The summed E-state index contributed by atoms with van der Waals surface area (Å²) in [7, 11) is 0. The molecule has 2 aromatic rings. The number of rotatable bonds is 5. The van der Waals surface area contributed by atoms with Gasteiger partial charge in [0, 0.05) is 17.8 Å². The third-order valence-electron chi connectivity index (χ3n) is 4.36. The Hall–Kier alpha value is -0.940. The standard InChI is InChI=1S/C17H21Cl2N3O.ClH/c1-12-13(2)22(14-5-6-15(18)16(19)11-14)20-17(12)23-10-9-21-7-3-4-8-21;/h5-6,11H,3-4,7-10H2,1-2H3;1H. The molecular formula is C17H22Cl3N3O. The third kappa shape index (κ3) is 4.17. The van der Waals surface area contributed by atoms with Crippen molar-refractivity contribution >= 4 is 35.6 Å². The van der Waals surface area contributed by atoms with Crippen molar-refractivity contribution in [3.63, 3.8) is 0 Å². The molecule has 0 amide bonds. The lowest BCUT2D eigenvalue weighted by atomic mass is 10.2. The van der Waals surface area contributed by atoms with E-state index in [0.717, 1.165) is 23.5 Å². The number of nitrogens with zero attached hydrogens (tertiary/aromatic N) is 3. The van der Waals surface area contributed by atoms with Gasteiger partial charge in [0.05, 0.1) is 15.7 Å². The molecule has 1 fully saturated rings. The fourth-order valence-corrected chi connectivity index (χ4v) is 3.13. The van der Waals surface area contributed by atoms with Crippen molar-refractivity contribution in [2.24, 2.45) is 0 Å². The molecule has 1 saturated heterocycles. The molecule has 0 N–H and O–H groups in total. The molecule has 132 valence electrons.